The standard InChI is InChI=1S/C30H25N3O4S/c1-4-37-29(35)26-17(2)32-30-33(27(26)22-13-14-24(36-3)21-11-6-5-10-20(21)22)28(34)25(38-30)15-18-16-31-23-12-8-7-9-19(18)23/h5-16,27,31H,4H2,1-3H3/b25-15+. The summed E-state index contributed by atoms with van der Waals surface area (Å²) in [4.78, 5) is 35.8. The first-order chi connectivity index (χ1) is 18.5. The van der Waals surface area contributed by atoms with E-state index in [1.165, 1.54) is 11.3 Å². The molecule has 0 radical (unpaired) electrons. The minimum absolute atomic E-state index is 0.210. The Morgan fingerprint density at radius 3 is 2.58 bits per heavy atom. The fraction of sp³-hybridized carbons (Fsp3) is 0.167. The van der Waals surface area contributed by atoms with E-state index in [-0.39, 0.29) is 12.2 Å². The van der Waals surface area contributed by atoms with Crippen LogP contribution in [-0.4, -0.2) is 29.2 Å². The van der Waals surface area contributed by atoms with Crippen molar-refractivity contribution in [3.63, 3.8) is 0 Å². The third kappa shape index (κ3) is 3.76. The Morgan fingerprint density at radius 2 is 1.82 bits per heavy atom. The minimum Gasteiger partial charge on any atom is -0.496 e. The zero-order chi connectivity index (χ0) is 26.4. The van der Waals surface area contributed by atoms with Gasteiger partial charge >= 0.3 is 5.97 Å². The third-order valence-electron chi connectivity index (χ3n) is 6.86. The molecule has 0 saturated heterocycles. The van der Waals surface area contributed by atoms with Gasteiger partial charge in [0.05, 0.1) is 35.6 Å². The van der Waals surface area contributed by atoms with Gasteiger partial charge in [-0.25, -0.2) is 9.79 Å². The van der Waals surface area contributed by atoms with Gasteiger partial charge < -0.3 is 14.5 Å². The summed E-state index contributed by atoms with van der Waals surface area (Å²) in [6, 6.07) is 18.9. The van der Waals surface area contributed by atoms with Gasteiger partial charge in [0.25, 0.3) is 5.56 Å². The van der Waals surface area contributed by atoms with Crippen LogP contribution in [0.25, 0.3) is 27.8 Å². The van der Waals surface area contributed by atoms with Gasteiger partial charge in [-0.2, -0.15) is 0 Å². The third-order valence-corrected chi connectivity index (χ3v) is 7.84. The van der Waals surface area contributed by atoms with Gasteiger partial charge in [0.1, 0.15) is 5.75 Å². The maximum absolute atomic E-state index is 14.0. The molecule has 8 heteroatoms. The summed E-state index contributed by atoms with van der Waals surface area (Å²) in [6.45, 7) is 3.78. The molecule has 1 atom stereocenters. The van der Waals surface area contributed by atoms with Gasteiger partial charge in [-0.15, -0.1) is 0 Å². The Hall–Kier alpha value is -4.43. The van der Waals surface area contributed by atoms with E-state index in [1.54, 1.807) is 25.5 Å². The van der Waals surface area contributed by atoms with Gasteiger partial charge in [-0.3, -0.25) is 9.36 Å². The molecule has 6 rings (SSSR count). The number of benzene rings is 3. The van der Waals surface area contributed by atoms with Crippen molar-refractivity contribution in [3.8, 4) is 5.75 Å². The molecule has 1 aliphatic heterocycles. The molecule has 0 spiro atoms. The van der Waals surface area contributed by atoms with Crippen molar-refractivity contribution in [3.05, 3.63) is 109 Å². The number of hydrogen-bond donors (Lipinski definition) is 1. The summed E-state index contributed by atoms with van der Waals surface area (Å²) >= 11 is 1.31. The number of rotatable bonds is 5. The number of fused-ring (bicyclic) bond motifs is 3. The number of thiazole rings is 1. The molecule has 38 heavy (non-hydrogen) atoms. The Kier molecular flexibility index (Phi) is 5.96. The van der Waals surface area contributed by atoms with E-state index in [1.807, 2.05) is 72.9 Å². The number of ether oxygens (including phenoxy) is 2. The highest BCUT2D eigenvalue weighted by atomic mass is 32.1. The molecule has 190 valence electrons. The number of carbonyl (C=O) groups is 1. The zero-order valence-corrected chi connectivity index (χ0v) is 22.0. The maximum atomic E-state index is 14.0. The molecule has 3 aromatic carbocycles. The van der Waals surface area contributed by atoms with E-state index in [2.05, 4.69) is 4.98 Å². The molecule has 0 saturated carbocycles. The highest BCUT2D eigenvalue weighted by Gasteiger charge is 2.34. The molecule has 1 aliphatic rings. The predicted octanol–water partition coefficient (Wildman–Crippen LogP) is 4.44. The summed E-state index contributed by atoms with van der Waals surface area (Å²) in [5, 5.41) is 2.81. The predicted molar refractivity (Wildman–Crippen MR) is 149 cm³/mol. The van der Waals surface area contributed by atoms with Crippen molar-refractivity contribution in [1.82, 2.24) is 9.55 Å². The number of aromatic nitrogens is 2. The number of esters is 1. The van der Waals surface area contributed by atoms with Crippen LogP contribution in [0.4, 0.5) is 0 Å². The van der Waals surface area contributed by atoms with Crippen LogP contribution in [0, 0.1) is 0 Å². The van der Waals surface area contributed by atoms with Crippen LogP contribution in [0.15, 0.2) is 87.9 Å². The second kappa shape index (κ2) is 9.46. The second-order valence-corrected chi connectivity index (χ2v) is 10.0. The van der Waals surface area contributed by atoms with E-state index in [4.69, 9.17) is 14.5 Å². The Morgan fingerprint density at radius 1 is 1.08 bits per heavy atom. The summed E-state index contributed by atoms with van der Waals surface area (Å²) in [6.07, 6.45) is 3.78. The molecule has 1 N–H and O–H groups in total. The van der Waals surface area contributed by atoms with Crippen molar-refractivity contribution in [2.45, 2.75) is 19.9 Å². The van der Waals surface area contributed by atoms with Crippen LogP contribution in [0.5, 0.6) is 5.75 Å². The van der Waals surface area contributed by atoms with E-state index in [9.17, 15) is 9.59 Å². The number of carbonyl (C=O) groups excluding carboxylic acids is 1. The zero-order valence-electron chi connectivity index (χ0n) is 21.1. The summed E-state index contributed by atoms with van der Waals surface area (Å²) in [5.41, 5.74) is 3.39. The van der Waals surface area contributed by atoms with Crippen molar-refractivity contribution in [1.29, 1.82) is 0 Å². The van der Waals surface area contributed by atoms with E-state index in [0.29, 0.717) is 20.6 Å². The Labute approximate surface area is 222 Å². The number of nitrogens with one attached hydrogen (secondary N) is 1. The first-order valence-corrected chi connectivity index (χ1v) is 13.1. The van der Waals surface area contributed by atoms with E-state index < -0.39 is 12.0 Å². The first kappa shape index (κ1) is 23.9. The molecule has 0 amide bonds. The fourth-order valence-electron chi connectivity index (χ4n) is 5.15. The lowest BCUT2D eigenvalue weighted by atomic mass is 9.91. The lowest BCUT2D eigenvalue weighted by molar-refractivity contribution is -0.139. The van der Waals surface area contributed by atoms with E-state index in [0.717, 1.165) is 38.6 Å². The Balaban J connectivity index is 1.64. The fourth-order valence-corrected chi connectivity index (χ4v) is 6.19. The van der Waals surface area contributed by atoms with Crippen LogP contribution in [0.2, 0.25) is 0 Å². The lowest BCUT2D eigenvalue weighted by Gasteiger charge is -2.26. The molecule has 2 aromatic heterocycles. The number of para-hydroxylation sites is 1. The smallest absolute Gasteiger partial charge is 0.338 e. The number of aromatic amines is 1. The van der Waals surface area contributed by atoms with Crippen LogP contribution >= 0.6 is 11.3 Å². The topological polar surface area (TPSA) is 85.7 Å². The summed E-state index contributed by atoms with van der Waals surface area (Å²) in [5.74, 6) is 0.235. The highest BCUT2D eigenvalue weighted by Crippen LogP contribution is 2.37. The number of hydrogen-bond acceptors (Lipinski definition) is 6. The second-order valence-electron chi connectivity index (χ2n) is 8.99. The van der Waals surface area contributed by atoms with Crippen LogP contribution in [0.3, 0.4) is 0 Å². The molecule has 5 aromatic rings. The van der Waals surface area contributed by atoms with Crippen LogP contribution < -0.4 is 19.6 Å². The maximum Gasteiger partial charge on any atom is 0.338 e. The molecule has 7 nitrogen and oxygen atoms in total. The minimum atomic E-state index is -0.703. The molecule has 3 heterocycles. The SMILES string of the molecule is CCOC(=O)C1=C(C)N=c2s/c(=C/c3c[nH]c4ccccc34)c(=O)n2C1c1ccc(OC)c2ccccc12. The summed E-state index contributed by atoms with van der Waals surface area (Å²) < 4.78 is 13.2. The van der Waals surface area contributed by atoms with Crippen molar-refractivity contribution in [2.24, 2.45) is 4.99 Å². The van der Waals surface area contributed by atoms with Gasteiger partial charge in [0.15, 0.2) is 4.80 Å². The average molecular weight is 524 g/mol. The van der Waals surface area contributed by atoms with Gasteiger partial charge in [-0.05, 0) is 43.0 Å². The van der Waals surface area contributed by atoms with Crippen molar-refractivity contribution < 1.29 is 14.3 Å². The lowest BCUT2D eigenvalue weighted by Crippen LogP contribution is -2.40. The largest absolute Gasteiger partial charge is 0.496 e. The van der Waals surface area contributed by atoms with Crippen LogP contribution in [0.1, 0.15) is 31.0 Å². The Bertz CT molecular complexity index is 1940. The quantitative estimate of drug-likeness (QED) is 0.345. The van der Waals surface area contributed by atoms with Crippen molar-refractivity contribution in [2.75, 3.05) is 13.7 Å². The molecule has 0 fully saturated rings. The number of nitrogens with zero attached hydrogens (tertiary/aromatic N) is 2. The van der Waals surface area contributed by atoms with Crippen LogP contribution in [-0.2, 0) is 9.53 Å². The van der Waals surface area contributed by atoms with E-state index >= 15 is 0 Å². The average Bonchev–Trinajstić information content (AvgIpc) is 3.48. The van der Waals surface area contributed by atoms with Gasteiger partial charge in [0.2, 0.25) is 0 Å². The molecule has 1 unspecified atom stereocenters. The van der Waals surface area contributed by atoms with Gasteiger partial charge in [0, 0.05) is 28.0 Å². The molecular weight excluding hydrogens is 498 g/mol. The first-order valence-electron chi connectivity index (χ1n) is 12.3. The number of methoxy groups -OCH3 is 1. The normalized spacial score (nSPS) is 15.6. The highest BCUT2D eigenvalue weighted by molar-refractivity contribution is 7.07. The van der Waals surface area contributed by atoms with Crippen molar-refractivity contribution >= 4 is 45.1 Å². The molecule has 0 bridgehead atoms. The summed E-state index contributed by atoms with van der Waals surface area (Å²) in [7, 11) is 1.63. The number of allylic oxidation sites excluding steroid dienone is 1. The number of H-pyrrole nitrogens is 1. The molecule has 0 aliphatic carbocycles. The monoisotopic (exact) mass is 523 g/mol. The molecular formula is C30H25N3O4S. The van der Waals surface area contributed by atoms with Gasteiger partial charge in [-0.1, -0.05) is 59.9 Å².